The molecule has 0 aromatic heterocycles. The second-order valence-electron chi connectivity index (χ2n) is 6.95. The van der Waals surface area contributed by atoms with Crippen LogP contribution in [0.2, 0.25) is 5.02 Å². The molecule has 1 saturated heterocycles. The van der Waals surface area contributed by atoms with Crippen molar-refractivity contribution in [2.24, 2.45) is 5.92 Å². The number of rotatable bonds is 3. The highest BCUT2D eigenvalue weighted by Gasteiger charge is 2.55. The van der Waals surface area contributed by atoms with Crippen molar-refractivity contribution >= 4 is 23.2 Å². The lowest BCUT2D eigenvalue weighted by atomic mass is 9.87. The summed E-state index contributed by atoms with van der Waals surface area (Å²) >= 11 is 5.98. The van der Waals surface area contributed by atoms with Crippen LogP contribution in [0.15, 0.2) is 42.5 Å². The molecule has 26 heavy (non-hydrogen) atoms. The van der Waals surface area contributed by atoms with Crippen LogP contribution >= 0.6 is 11.6 Å². The Labute approximate surface area is 157 Å². The molecule has 4 nitrogen and oxygen atoms in total. The first-order valence-corrected chi connectivity index (χ1v) is 9.21. The van der Waals surface area contributed by atoms with Crippen LogP contribution in [-0.4, -0.2) is 36.3 Å². The predicted octanol–water partition coefficient (Wildman–Crippen LogP) is 3.67. The molecule has 3 unspecified atom stereocenters. The second-order valence-corrected chi connectivity index (χ2v) is 7.39. The molecule has 4 rings (SSSR count). The summed E-state index contributed by atoms with van der Waals surface area (Å²) < 4.78 is 0. The zero-order chi connectivity index (χ0) is 18.4. The molecule has 5 heteroatoms. The Bertz CT molecular complexity index is 853. The van der Waals surface area contributed by atoms with Crippen molar-refractivity contribution in [2.45, 2.75) is 25.4 Å². The molecule has 2 aromatic rings. The van der Waals surface area contributed by atoms with E-state index in [1.165, 1.54) is 0 Å². The summed E-state index contributed by atoms with van der Waals surface area (Å²) in [7, 11) is 1.76. The Morgan fingerprint density at radius 1 is 1.08 bits per heavy atom. The first kappa shape index (κ1) is 17.4. The van der Waals surface area contributed by atoms with Crippen LogP contribution in [0.5, 0.6) is 0 Å². The average Bonchev–Trinajstić information content (AvgIpc) is 3.13. The van der Waals surface area contributed by atoms with Crippen LogP contribution in [0.4, 0.5) is 0 Å². The summed E-state index contributed by atoms with van der Waals surface area (Å²) in [5.41, 5.74) is 3.83. The van der Waals surface area contributed by atoms with E-state index in [4.69, 9.17) is 16.4 Å². The van der Waals surface area contributed by atoms with Gasteiger partial charge in [0.25, 0.3) is 0 Å². The molecule has 0 N–H and O–H groups in total. The van der Waals surface area contributed by atoms with Crippen molar-refractivity contribution in [3.63, 3.8) is 0 Å². The van der Waals surface area contributed by atoms with Gasteiger partial charge in [-0.1, -0.05) is 42.8 Å². The van der Waals surface area contributed by atoms with E-state index in [2.05, 4.69) is 0 Å². The number of ketones is 2. The number of aryl methyl sites for hydroxylation is 1. The third kappa shape index (κ3) is 2.78. The van der Waals surface area contributed by atoms with Crippen molar-refractivity contribution in [3.8, 4) is 11.1 Å². The summed E-state index contributed by atoms with van der Waals surface area (Å²) in [6.45, 7) is 2.51. The van der Waals surface area contributed by atoms with E-state index in [-0.39, 0.29) is 17.5 Å². The first-order valence-electron chi connectivity index (χ1n) is 8.83. The summed E-state index contributed by atoms with van der Waals surface area (Å²) in [6.07, 6.45) is 0.130. The fourth-order valence-corrected chi connectivity index (χ4v) is 4.13. The Hall–Kier alpha value is -2.01. The summed E-state index contributed by atoms with van der Waals surface area (Å²) in [5.74, 6) is -1.22. The monoisotopic (exact) mass is 369 g/mol. The Morgan fingerprint density at radius 3 is 2.42 bits per heavy atom. The number of benzene rings is 2. The van der Waals surface area contributed by atoms with E-state index in [1.807, 2.05) is 49.4 Å². The maximum absolute atomic E-state index is 13.0. The zero-order valence-corrected chi connectivity index (χ0v) is 15.5. The largest absolute Gasteiger partial charge is 0.298 e. The van der Waals surface area contributed by atoms with Gasteiger partial charge in [0.15, 0.2) is 11.6 Å². The molecule has 1 heterocycles. The van der Waals surface area contributed by atoms with Gasteiger partial charge >= 0.3 is 0 Å². The van der Waals surface area contributed by atoms with E-state index < -0.39 is 12.0 Å². The van der Waals surface area contributed by atoms with E-state index >= 15 is 0 Å². The minimum atomic E-state index is -0.721. The highest BCUT2D eigenvalue weighted by Crippen LogP contribution is 2.40. The van der Waals surface area contributed by atoms with Gasteiger partial charge in [0.1, 0.15) is 12.0 Å². The second kappa shape index (κ2) is 6.62. The molecule has 134 valence electrons. The van der Waals surface area contributed by atoms with Gasteiger partial charge in [-0.05, 0) is 46.9 Å². The normalized spacial score (nSPS) is 25.7. The fourth-order valence-electron chi connectivity index (χ4n) is 4.01. The number of Topliss-reactive ketones (excluding diaryl/α,β-unsaturated/α-hetero) is 2. The number of carbonyl (C=O) groups is 2. The smallest absolute Gasteiger partial charge is 0.179 e. The first-order chi connectivity index (χ1) is 12.5. The van der Waals surface area contributed by atoms with E-state index in [1.54, 1.807) is 12.1 Å². The molecule has 2 aromatic carbocycles. The lowest BCUT2D eigenvalue weighted by Gasteiger charge is -2.17. The van der Waals surface area contributed by atoms with Gasteiger partial charge in [0, 0.05) is 18.6 Å². The number of halogens is 1. The molecule has 1 aliphatic heterocycles. The molecule has 2 fully saturated rings. The van der Waals surface area contributed by atoms with E-state index in [9.17, 15) is 9.59 Å². The topological polar surface area (TPSA) is 46.6 Å². The third-order valence-electron chi connectivity index (χ3n) is 5.34. The van der Waals surface area contributed by atoms with Gasteiger partial charge < -0.3 is 0 Å². The molecule has 0 amide bonds. The van der Waals surface area contributed by atoms with Crippen LogP contribution in [-0.2, 0) is 20.8 Å². The fraction of sp³-hybridized carbons (Fsp3) is 0.333. The van der Waals surface area contributed by atoms with Crippen molar-refractivity contribution in [1.29, 1.82) is 0 Å². The van der Waals surface area contributed by atoms with Crippen LogP contribution in [0.25, 0.3) is 11.1 Å². The van der Waals surface area contributed by atoms with Crippen molar-refractivity contribution in [2.75, 3.05) is 13.6 Å². The molecule has 0 spiro atoms. The Morgan fingerprint density at radius 2 is 1.77 bits per heavy atom. The van der Waals surface area contributed by atoms with Gasteiger partial charge in [0.2, 0.25) is 0 Å². The molecule has 0 bridgehead atoms. The van der Waals surface area contributed by atoms with Crippen molar-refractivity contribution < 1.29 is 14.4 Å². The maximum Gasteiger partial charge on any atom is 0.179 e. The van der Waals surface area contributed by atoms with Gasteiger partial charge in [-0.3, -0.25) is 14.4 Å². The molecule has 2 aliphatic rings. The van der Waals surface area contributed by atoms with Gasteiger partial charge in [-0.25, -0.2) is 0 Å². The highest BCUT2D eigenvalue weighted by atomic mass is 35.5. The van der Waals surface area contributed by atoms with Gasteiger partial charge in [0.05, 0.1) is 5.92 Å². The van der Waals surface area contributed by atoms with Crippen LogP contribution in [0.1, 0.15) is 24.0 Å². The maximum atomic E-state index is 13.0. The number of carbonyl (C=O) groups excluding carboxylic acids is 2. The van der Waals surface area contributed by atoms with E-state index in [0.717, 1.165) is 28.7 Å². The number of hydroxylamine groups is 2. The standard InChI is InChI=1S/C21H20ClNO3/c1-3-12-4-5-14(13-6-8-15(22)9-7-13)10-16(12)18-19(24)17-11-23(2)26-21(17)20(18)25/h4-10,17-18,21H,3,11H2,1-2H3. The minimum Gasteiger partial charge on any atom is -0.298 e. The Balaban J connectivity index is 1.76. The summed E-state index contributed by atoms with van der Waals surface area (Å²) in [4.78, 5) is 31.4. The lowest BCUT2D eigenvalue weighted by molar-refractivity contribution is -0.154. The highest BCUT2D eigenvalue weighted by molar-refractivity contribution is 6.30. The molecule has 3 atom stereocenters. The van der Waals surface area contributed by atoms with Crippen LogP contribution in [0.3, 0.4) is 0 Å². The third-order valence-corrected chi connectivity index (χ3v) is 5.59. The lowest BCUT2D eigenvalue weighted by Crippen LogP contribution is -2.25. The molecule has 0 radical (unpaired) electrons. The summed E-state index contributed by atoms with van der Waals surface area (Å²) in [5, 5.41) is 2.26. The molecule has 1 aliphatic carbocycles. The molecule has 1 saturated carbocycles. The van der Waals surface area contributed by atoms with Crippen LogP contribution < -0.4 is 0 Å². The van der Waals surface area contributed by atoms with Crippen molar-refractivity contribution in [1.82, 2.24) is 5.06 Å². The number of hydrogen-bond acceptors (Lipinski definition) is 4. The number of fused-ring (bicyclic) bond motifs is 1. The average molecular weight is 370 g/mol. The van der Waals surface area contributed by atoms with Crippen LogP contribution in [0, 0.1) is 5.92 Å². The number of nitrogens with zero attached hydrogens (tertiary/aromatic N) is 1. The van der Waals surface area contributed by atoms with Gasteiger partial charge in [-0.2, -0.15) is 5.06 Å². The molecular weight excluding hydrogens is 350 g/mol. The van der Waals surface area contributed by atoms with Crippen molar-refractivity contribution in [3.05, 3.63) is 58.6 Å². The van der Waals surface area contributed by atoms with Gasteiger partial charge in [-0.15, -0.1) is 0 Å². The zero-order valence-electron chi connectivity index (χ0n) is 14.7. The quantitative estimate of drug-likeness (QED) is 0.774. The molecular formula is C21H20ClNO3. The van der Waals surface area contributed by atoms with E-state index in [0.29, 0.717) is 11.6 Å². The SMILES string of the molecule is CCc1ccc(-c2ccc(Cl)cc2)cc1C1C(=O)C2CN(C)OC2C1=O. The summed E-state index contributed by atoms with van der Waals surface area (Å²) in [6, 6.07) is 13.6. The predicted molar refractivity (Wildman–Crippen MR) is 100 cm³/mol. The minimum absolute atomic E-state index is 0.0210. The number of hydrogen-bond donors (Lipinski definition) is 0. The Kier molecular flexibility index (Phi) is 4.43.